The highest BCUT2D eigenvalue weighted by Gasteiger charge is 2.07. The number of primary amides is 1. The van der Waals surface area contributed by atoms with Crippen LogP contribution in [0.25, 0.3) is 5.69 Å². The summed E-state index contributed by atoms with van der Waals surface area (Å²) in [4.78, 5) is 22.9. The molecule has 0 aliphatic rings. The molecule has 0 aliphatic heterocycles. The molecule has 0 bridgehead atoms. The molecule has 2 amide bonds. The zero-order chi connectivity index (χ0) is 17.6. The Morgan fingerprint density at radius 2 is 1.80 bits per heavy atom. The molecule has 0 radical (unpaired) electrons. The van der Waals surface area contributed by atoms with Gasteiger partial charge in [0.25, 0.3) is 11.8 Å². The number of nitrogens with zero attached hydrogens (tertiary/aromatic N) is 2. The van der Waals surface area contributed by atoms with Crippen LogP contribution in [0, 0.1) is 0 Å². The fourth-order valence-electron chi connectivity index (χ4n) is 2.18. The van der Waals surface area contributed by atoms with E-state index in [1.165, 1.54) is 0 Å². The van der Waals surface area contributed by atoms with Gasteiger partial charge in [-0.15, -0.1) is 0 Å². The Balaban J connectivity index is 1.62. The third kappa shape index (κ3) is 4.23. The molecule has 0 saturated carbocycles. The molecule has 0 fully saturated rings. The average Bonchev–Trinajstić information content (AvgIpc) is 3.15. The number of carbonyl (C=O) groups is 2. The van der Waals surface area contributed by atoms with Crippen molar-refractivity contribution >= 4 is 17.5 Å². The molecule has 25 heavy (non-hydrogen) atoms. The van der Waals surface area contributed by atoms with Gasteiger partial charge < -0.3 is 15.8 Å². The molecule has 7 nitrogen and oxygen atoms in total. The van der Waals surface area contributed by atoms with Crippen molar-refractivity contribution in [2.45, 2.75) is 0 Å². The minimum Gasteiger partial charge on any atom is -0.484 e. The zero-order valence-corrected chi connectivity index (χ0v) is 13.3. The summed E-state index contributed by atoms with van der Waals surface area (Å²) >= 11 is 0. The highest BCUT2D eigenvalue weighted by atomic mass is 16.5. The lowest BCUT2D eigenvalue weighted by Gasteiger charge is -2.08. The molecule has 3 rings (SSSR count). The second-order valence-corrected chi connectivity index (χ2v) is 5.23. The van der Waals surface area contributed by atoms with Crippen LogP contribution in [-0.4, -0.2) is 28.2 Å². The maximum absolute atomic E-state index is 12.3. The molecule has 126 valence electrons. The summed E-state index contributed by atoms with van der Waals surface area (Å²) in [6.07, 6.45) is 3.54. The highest BCUT2D eigenvalue weighted by molar-refractivity contribution is 6.04. The lowest BCUT2D eigenvalue weighted by atomic mass is 10.2. The van der Waals surface area contributed by atoms with Crippen LogP contribution >= 0.6 is 0 Å². The Bertz CT molecular complexity index is 856. The molecule has 0 atom stereocenters. The fraction of sp³-hybridized carbons (Fsp3) is 0.0556. The normalized spacial score (nSPS) is 10.2. The Labute approximate surface area is 144 Å². The summed E-state index contributed by atoms with van der Waals surface area (Å²) in [5, 5.41) is 6.96. The Kier molecular flexibility index (Phi) is 4.75. The summed E-state index contributed by atoms with van der Waals surface area (Å²) in [6.45, 7) is -0.200. The predicted octanol–water partition coefficient (Wildman–Crippen LogP) is 1.99. The molecule has 1 heterocycles. The van der Waals surface area contributed by atoms with Crippen molar-refractivity contribution in [2.75, 3.05) is 11.9 Å². The number of aromatic nitrogens is 2. The Morgan fingerprint density at radius 1 is 1.08 bits per heavy atom. The molecule has 3 N–H and O–H groups in total. The number of rotatable bonds is 6. The van der Waals surface area contributed by atoms with E-state index in [9.17, 15) is 9.59 Å². The van der Waals surface area contributed by atoms with Crippen LogP contribution in [0.2, 0.25) is 0 Å². The van der Waals surface area contributed by atoms with Crippen molar-refractivity contribution in [3.05, 3.63) is 72.6 Å². The molecular weight excluding hydrogens is 320 g/mol. The van der Waals surface area contributed by atoms with Gasteiger partial charge in [-0.2, -0.15) is 5.10 Å². The number of ether oxygens (including phenoxy) is 1. The van der Waals surface area contributed by atoms with Crippen LogP contribution in [0.4, 0.5) is 5.69 Å². The van der Waals surface area contributed by atoms with Gasteiger partial charge in [0.2, 0.25) is 0 Å². The topological polar surface area (TPSA) is 99.2 Å². The minimum absolute atomic E-state index is 0.200. The van der Waals surface area contributed by atoms with Gasteiger partial charge in [0, 0.05) is 23.6 Å². The smallest absolute Gasteiger partial charge is 0.255 e. The van der Waals surface area contributed by atoms with Gasteiger partial charge >= 0.3 is 0 Å². The van der Waals surface area contributed by atoms with Crippen molar-refractivity contribution in [1.82, 2.24) is 9.78 Å². The first-order valence-electron chi connectivity index (χ1n) is 7.54. The van der Waals surface area contributed by atoms with E-state index in [4.69, 9.17) is 10.5 Å². The third-order valence-electron chi connectivity index (χ3n) is 3.39. The molecule has 0 aliphatic carbocycles. The van der Waals surface area contributed by atoms with E-state index in [-0.39, 0.29) is 12.5 Å². The summed E-state index contributed by atoms with van der Waals surface area (Å²) in [6, 6.07) is 15.6. The largest absolute Gasteiger partial charge is 0.484 e. The van der Waals surface area contributed by atoms with Gasteiger partial charge in [-0.25, -0.2) is 4.68 Å². The van der Waals surface area contributed by atoms with Crippen LogP contribution in [0.3, 0.4) is 0 Å². The Morgan fingerprint density at radius 3 is 2.40 bits per heavy atom. The highest BCUT2D eigenvalue weighted by Crippen LogP contribution is 2.16. The van der Waals surface area contributed by atoms with Crippen LogP contribution in [0.1, 0.15) is 10.4 Å². The molecule has 0 saturated heterocycles. The van der Waals surface area contributed by atoms with E-state index in [0.29, 0.717) is 17.0 Å². The van der Waals surface area contributed by atoms with Gasteiger partial charge in [-0.1, -0.05) is 0 Å². The van der Waals surface area contributed by atoms with E-state index in [0.717, 1.165) is 5.69 Å². The summed E-state index contributed by atoms with van der Waals surface area (Å²) in [5.74, 6) is -0.326. The van der Waals surface area contributed by atoms with E-state index >= 15 is 0 Å². The quantitative estimate of drug-likeness (QED) is 0.719. The minimum atomic E-state index is -0.555. The first kappa shape index (κ1) is 16.3. The first-order chi connectivity index (χ1) is 12.1. The molecule has 0 unspecified atom stereocenters. The number of nitrogens with two attached hydrogens (primary N) is 1. The van der Waals surface area contributed by atoms with Gasteiger partial charge in [0.15, 0.2) is 6.61 Å². The number of hydrogen-bond acceptors (Lipinski definition) is 4. The number of anilines is 1. The lowest BCUT2D eigenvalue weighted by Crippen LogP contribution is -2.20. The average molecular weight is 336 g/mol. The van der Waals surface area contributed by atoms with Crippen molar-refractivity contribution in [2.24, 2.45) is 5.73 Å². The molecule has 3 aromatic rings. The van der Waals surface area contributed by atoms with E-state index in [2.05, 4.69) is 10.4 Å². The maximum atomic E-state index is 12.3. The van der Waals surface area contributed by atoms with Crippen LogP contribution in [0.5, 0.6) is 5.75 Å². The van der Waals surface area contributed by atoms with Gasteiger partial charge in [-0.05, 0) is 54.6 Å². The van der Waals surface area contributed by atoms with Crippen molar-refractivity contribution < 1.29 is 14.3 Å². The SMILES string of the molecule is NC(=O)COc1ccc(C(=O)Nc2ccc(-n3cccn3)cc2)cc1. The van der Waals surface area contributed by atoms with E-state index in [1.807, 2.05) is 24.4 Å². The second-order valence-electron chi connectivity index (χ2n) is 5.23. The van der Waals surface area contributed by atoms with Crippen LogP contribution < -0.4 is 15.8 Å². The summed E-state index contributed by atoms with van der Waals surface area (Å²) in [7, 11) is 0. The Hall–Kier alpha value is -3.61. The monoisotopic (exact) mass is 336 g/mol. The zero-order valence-electron chi connectivity index (χ0n) is 13.3. The molecule has 7 heteroatoms. The van der Waals surface area contributed by atoms with Crippen molar-refractivity contribution in [1.29, 1.82) is 0 Å². The van der Waals surface area contributed by atoms with Crippen molar-refractivity contribution in [3.63, 3.8) is 0 Å². The fourth-order valence-corrected chi connectivity index (χ4v) is 2.18. The van der Waals surface area contributed by atoms with Crippen LogP contribution in [0.15, 0.2) is 67.0 Å². The van der Waals surface area contributed by atoms with Gasteiger partial charge in [0.05, 0.1) is 5.69 Å². The molecule has 2 aromatic carbocycles. The number of benzene rings is 2. The summed E-state index contributed by atoms with van der Waals surface area (Å²) in [5.41, 5.74) is 7.06. The molecular formula is C18H16N4O3. The van der Waals surface area contributed by atoms with E-state index < -0.39 is 5.91 Å². The first-order valence-corrected chi connectivity index (χ1v) is 7.54. The van der Waals surface area contributed by atoms with E-state index in [1.54, 1.807) is 47.3 Å². The van der Waals surface area contributed by atoms with Crippen LogP contribution in [-0.2, 0) is 4.79 Å². The number of amides is 2. The maximum Gasteiger partial charge on any atom is 0.255 e. The van der Waals surface area contributed by atoms with Gasteiger partial charge in [-0.3, -0.25) is 9.59 Å². The molecule has 0 spiro atoms. The van der Waals surface area contributed by atoms with Gasteiger partial charge in [0.1, 0.15) is 5.75 Å². The predicted molar refractivity (Wildman–Crippen MR) is 92.6 cm³/mol. The third-order valence-corrected chi connectivity index (χ3v) is 3.39. The second kappa shape index (κ2) is 7.31. The number of carbonyl (C=O) groups excluding carboxylic acids is 2. The lowest BCUT2D eigenvalue weighted by molar-refractivity contribution is -0.119. The number of nitrogens with one attached hydrogen (secondary N) is 1. The summed E-state index contributed by atoms with van der Waals surface area (Å²) < 4.78 is 6.89. The van der Waals surface area contributed by atoms with Crippen molar-refractivity contribution in [3.8, 4) is 11.4 Å². The molecule has 1 aromatic heterocycles. The number of hydrogen-bond donors (Lipinski definition) is 2. The standard InChI is InChI=1S/C18H16N4O3/c19-17(23)12-25-16-8-2-13(3-9-16)18(24)21-14-4-6-15(7-5-14)22-11-1-10-20-22/h1-11H,12H2,(H2,19,23)(H,21,24).